The highest BCUT2D eigenvalue weighted by Crippen LogP contribution is 2.31. The van der Waals surface area contributed by atoms with Crippen molar-refractivity contribution in [1.29, 1.82) is 0 Å². The molecule has 0 unspecified atom stereocenters. The molecule has 0 spiro atoms. The van der Waals surface area contributed by atoms with E-state index in [-0.39, 0.29) is 34.3 Å². The van der Waals surface area contributed by atoms with Gasteiger partial charge in [-0.25, -0.2) is 0 Å². The number of benzene rings is 2. The predicted octanol–water partition coefficient (Wildman–Crippen LogP) is 6.46. The van der Waals surface area contributed by atoms with Crippen molar-refractivity contribution >= 4 is 17.4 Å². The molecule has 2 aliphatic rings. The van der Waals surface area contributed by atoms with Gasteiger partial charge in [0.2, 0.25) is 0 Å². The van der Waals surface area contributed by atoms with Crippen molar-refractivity contribution < 1.29 is 23.8 Å². The van der Waals surface area contributed by atoms with E-state index in [4.69, 9.17) is 14.9 Å². The molecule has 0 bridgehead atoms. The summed E-state index contributed by atoms with van der Waals surface area (Å²) in [7, 11) is 0. The van der Waals surface area contributed by atoms with Crippen molar-refractivity contribution in [3.05, 3.63) is 76.7 Å². The number of likely N-dealkylation sites (tertiary alicyclic amines) is 1. The lowest BCUT2D eigenvalue weighted by Gasteiger charge is -2.26. The average Bonchev–Trinajstić information content (AvgIpc) is 3.67. The zero-order valence-electron chi connectivity index (χ0n) is 24.9. The third-order valence-electron chi connectivity index (χ3n) is 7.23. The smallest absolute Gasteiger partial charge is 0.256 e. The SMILES string of the molecule is CC.CC(=O)c1cc(C(=O)N2Cc3ccc(OCCCN4CCCCC4)cc3C2)c(N)cc1O.CCc1ccco1. The van der Waals surface area contributed by atoms with Crippen molar-refractivity contribution in [1.82, 2.24) is 9.80 Å². The van der Waals surface area contributed by atoms with Crippen LogP contribution >= 0.6 is 0 Å². The summed E-state index contributed by atoms with van der Waals surface area (Å²) in [6.07, 6.45) is 7.63. The topological polar surface area (TPSA) is 109 Å². The van der Waals surface area contributed by atoms with Gasteiger partial charge in [0.25, 0.3) is 5.91 Å². The number of nitrogens with two attached hydrogens (primary N) is 1. The molecule has 0 radical (unpaired) electrons. The monoisotopic (exact) mass is 563 g/mol. The minimum absolute atomic E-state index is 0.0968. The summed E-state index contributed by atoms with van der Waals surface area (Å²) in [6, 6.07) is 12.5. The maximum atomic E-state index is 13.1. The lowest BCUT2D eigenvalue weighted by molar-refractivity contribution is 0.0752. The zero-order valence-corrected chi connectivity index (χ0v) is 24.9. The highest BCUT2D eigenvalue weighted by Gasteiger charge is 2.27. The number of amides is 1. The first-order chi connectivity index (χ1) is 19.9. The summed E-state index contributed by atoms with van der Waals surface area (Å²) in [5.41, 5.74) is 8.58. The summed E-state index contributed by atoms with van der Waals surface area (Å²) in [5, 5.41) is 9.93. The molecule has 1 aromatic heterocycles. The lowest BCUT2D eigenvalue weighted by Crippen LogP contribution is -2.31. The van der Waals surface area contributed by atoms with Crippen LogP contribution in [0.2, 0.25) is 0 Å². The van der Waals surface area contributed by atoms with Gasteiger partial charge in [0, 0.05) is 37.8 Å². The second-order valence-corrected chi connectivity index (χ2v) is 10.1. The van der Waals surface area contributed by atoms with E-state index in [9.17, 15) is 14.7 Å². The normalized spacial score (nSPS) is 14.3. The molecule has 8 nitrogen and oxygen atoms in total. The number of phenolic OH excluding ortho intramolecular Hbond substituents is 1. The van der Waals surface area contributed by atoms with Crippen molar-refractivity contribution in [3.8, 4) is 11.5 Å². The molecule has 0 atom stereocenters. The van der Waals surface area contributed by atoms with E-state index in [2.05, 4.69) is 11.8 Å². The average molecular weight is 564 g/mol. The molecule has 8 heteroatoms. The van der Waals surface area contributed by atoms with Crippen LogP contribution < -0.4 is 10.5 Å². The second kappa shape index (κ2) is 15.9. The summed E-state index contributed by atoms with van der Waals surface area (Å²) in [4.78, 5) is 29.0. The van der Waals surface area contributed by atoms with Crippen LogP contribution in [0.25, 0.3) is 0 Å². The van der Waals surface area contributed by atoms with Crippen LogP contribution in [-0.4, -0.2) is 52.8 Å². The van der Waals surface area contributed by atoms with Gasteiger partial charge in [-0.1, -0.05) is 33.3 Å². The van der Waals surface area contributed by atoms with Crippen LogP contribution in [0.3, 0.4) is 0 Å². The molecule has 0 saturated carbocycles. The second-order valence-electron chi connectivity index (χ2n) is 10.1. The largest absolute Gasteiger partial charge is 0.507 e. The summed E-state index contributed by atoms with van der Waals surface area (Å²) in [5.74, 6) is 1.09. The number of ether oxygens (including phenoxy) is 1. The van der Waals surface area contributed by atoms with Crippen LogP contribution in [0.5, 0.6) is 11.5 Å². The molecule has 1 fully saturated rings. The van der Waals surface area contributed by atoms with Gasteiger partial charge < -0.3 is 29.8 Å². The van der Waals surface area contributed by atoms with E-state index in [1.165, 1.54) is 51.4 Å². The van der Waals surface area contributed by atoms with E-state index in [1.54, 1.807) is 11.2 Å². The first-order valence-corrected chi connectivity index (χ1v) is 14.8. The summed E-state index contributed by atoms with van der Waals surface area (Å²) < 4.78 is 10.9. The van der Waals surface area contributed by atoms with E-state index >= 15 is 0 Å². The number of furan rings is 1. The molecule has 1 amide bonds. The standard InChI is InChI=1S/C25H31N3O4.C6H8O.C2H6/c1-17(29)21-13-22(23(26)14-24(21)30)25(31)28-15-18-6-7-20(12-19(18)16-28)32-11-5-10-27-8-3-2-4-9-27;1-2-6-4-3-5-7-6;1-2/h6-7,12-14,30H,2-5,8-11,15-16,26H2,1H3;3-5H,2H2,1H3;1-2H3. The fraction of sp³-hybridized carbons (Fsp3) is 0.455. The van der Waals surface area contributed by atoms with Crippen molar-refractivity contribution in [2.24, 2.45) is 0 Å². The maximum absolute atomic E-state index is 13.1. The summed E-state index contributed by atoms with van der Waals surface area (Å²) in [6.45, 7) is 12.5. The molecule has 3 aromatic rings. The van der Waals surface area contributed by atoms with Gasteiger partial charge in [-0.2, -0.15) is 0 Å². The number of Topliss-reactive ketones (excluding diaryl/α,β-unsaturated/α-hetero) is 1. The van der Waals surface area contributed by atoms with Crippen LogP contribution in [0, 0.1) is 0 Å². The van der Waals surface area contributed by atoms with E-state index in [0.29, 0.717) is 19.7 Å². The first-order valence-electron chi connectivity index (χ1n) is 14.8. The number of fused-ring (bicyclic) bond motifs is 1. The van der Waals surface area contributed by atoms with Crippen LogP contribution in [-0.2, 0) is 19.5 Å². The molecule has 1 saturated heterocycles. The lowest BCUT2D eigenvalue weighted by atomic mass is 10.0. The number of hydrogen-bond donors (Lipinski definition) is 2. The Morgan fingerprint density at radius 3 is 2.37 bits per heavy atom. The number of phenols is 1. The van der Waals surface area contributed by atoms with Crippen molar-refractivity contribution in [2.75, 3.05) is 32.0 Å². The molecule has 3 heterocycles. The minimum Gasteiger partial charge on any atom is -0.507 e. The fourth-order valence-corrected chi connectivity index (χ4v) is 5.02. The minimum atomic E-state index is -0.316. The molecular weight excluding hydrogens is 518 g/mol. The van der Waals surface area contributed by atoms with Gasteiger partial charge in [0.05, 0.1) is 24.0 Å². The number of nitrogen functional groups attached to an aromatic ring is 1. The molecule has 5 rings (SSSR count). The van der Waals surface area contributed by atoms with Crippen molar-refractivity contribution in [3.63, 3.8) is 0 Å². The molecular formula is C33H45N3O5. The van der Waals surface area contributed by atoms with Gasteiger partial charge in [-0.05, 0) is 80.7 Å². The molecule has 0 aliphatic carbocycles. The first kappa shape index (κ1) is 31.7. The Kier molecular flexibility index (Phi) is 12.3. The van der Waals surface area contributed by atoms with Crippen LogP contribution in [0.15, 0.2) is 53.1 Å². The molecule has 2 aromatic carbocycles. The number of aromatic hydroxyl groups is 1. The van der Waals surface area contributed by atoms with Crippen LogP contribution in [0.1, 0.15) is 91.0 Å². The molecule has 222 valence electrons. The molecule has 41 heavy (non-hydrogen) atoms. The zero-order chi connectivity index (χ0) is 29.8. The van der Waals surface area contributed by atoms with E-state index in [0.717, 1.165) is 42.0 Å². The quantitative estimate of drug-likeness (QED) is 0.184. The van der Waals surface area contributed by atoms with Gasteiger partial charge in [-0.15, -0.1) is 0 Å². The Labute approximate surface area is 244 Å². The number of aryl methyl sites for hydroxylation is 1. The van der Waals surface area contributed by atoms with E-state index in [1.807, 2.05) is 44.2 Å². The van der Waals surface area contributed by atoms with Crippen molar-refractivity contribution in [2.45, 2.75) is 72.9 Å². The van der Waals surface area contributed by atoms with Gasteiger partial charge in [0.15, 0.2) is 5.78 Å². The number of carbonyl (C=O) groups excluding carboxylic acids is 2. The number of nitrogens with zero attached hydrogens (tertiary/aromatic N) is 2. The number of ketones is 1. The van der Waals surface area contributed by atoms with Crippen LogP contribution in [0.4, 0.5) is 5.69 Å². The maximum Gasteiger partial charge on any atom is 0.256 e. The van der Waals surface area contributed by atoms with Gasteiger partial charge >= 0.3 is 0 Å². The van der Waals surface area contributed by atoms with Gasteiger partial charge in [0.1, 0.15) is 17.3 Å². The fourth-order valence-electron chi connectivity index (χ4n) is 5.02. The molecule has 3 N–H and O–H groups in total. The molecule has 2 aliphatic heterocycles. The Morgan fingerprint density at radius 2 is 1.73 bits per heavy atom. The number of piperidine rings is 1. The Balaban J connectivity index is 0.000000443. The number of anilines is 1. The number of carbonyl (C=O) groups is 2. The van der Waals surface area contributed by atoms with Gasteiger partial charge in [-0.3, -0.25) is 9.59 Å². The number of rotatable bonds is 8. The Bertz CT molecular complexity index is 1270. The van der Waals surface area contributed by atoms with E-state index < -0.39 is 0 Å². The highest BCUT2D eigenvalue weighted by molar-refractivity contribution is 6.04. The summed E-state index contributed by atoms with van der Waals surface area (Å²) >= 11 is 0. The third-order valence-corrected chi connectivity index (χ3v) is 7.23. The Hall–Kier alpha value is -3.78. The highest BCUT2D eigenvalue weighted by atomic mass is 16.5. The Morgan fingerprint density at radius 1 is 1.00 bits per heavy atom. The number of hydrogen-bond acceptors (Lipinski definition) is 7. The predicted molar refractivity (Wildman–Crippen MR) is 162 cm³/mol. The third kappa shape index (κ3) is 8.85.